The minimum atomic E-state index is -4.71. The van der Waals surface area contributed by atoms with Gasteiger partial charge in [0.2, 0.25) is 5.78 Å². The molecule has 2 aromatic heterocycles. The second kappa shape index (κ2) is 4.87. The Morgan fingerprint density at radius 1 is 1.14 bits per heavy atom. The summed E-state index contributed by atoms with van der Waals surface area (Å²) in [6, 6.07) is 9.23. The maximum absolute atomic E-state index is 12.8. The molecular formula is C15H10F3N3O. The molecule has 0 aliphatic carbocycles. The van der Waals surface area contributed by atoms with Gasteiger partial charge < -0.3 is 10.7 Å². The molecular weight excluding hydrogens is 295 g/mol. The lowest BCUT2D eigenvalue weighted by Gasteiger charge is -2.10. The number of carbonyl (C=O) groups is 1. The van der Waals surface area contributed by atoms with Crippen LogP contribution < -0.4 is 5.73 Å². The van der Waals surface area contributed by atoms with Gasteiger partial charge in [-0.1, -0.05) is 18.2 Å². The Bertz CT molecular complexity index is 868. The van der Waals surface area contributed by atoms with Crippen molar-refractivity contribution in [2.24, 2.45) is 0 Å². The van der Waals surface area contributed by atoms with E-state index in [0.717, 1.165) is 11.6 Å². The van der Waals surface area contributed by atoms with Gasteiger partial charge in [0.15, 0.2) is 5.69 Å². The first-order valence-corrected chi connectivity index (χ1v) is 6.32. The van der Waals surface area contributed by atoms with Crippen LogP contribution in [0, 0.1) is 0 Å². The van der Waals surface area contributed by atoms with Crippen LogP contribution in [0.3, 0.4) is 0 Å². The van der Waals surface area contributed by atoms with E-state index < -0.39 is 23.3 Å². The van der Waals surface area contributed by atoms with Crippen molar-refractivity contribution in [2.75, 3.05) is 5.73 Å². The molecule has 0 bridgehead atoms. The van der Waals surface area contributed by atoms with E-state index in [1.165, 1.54) is 12.3 Å². The first-order chi connectivity index (χ1) is 10.4. The van der Waals surface area contributed by atoms with Crippen LogP contribution in [0.5, 0.6) is 0 Å². The molecule has 0 amide bonds. The highest BCUT2D eigenvalue weighted by Gasteiger charge is 2.35. The molecule has 3 rings (SSSR count). The number of para-hydroxylation sites is 1. The number of alkyl halides is 3. The predicted molar refractivity (Wildman–Crippen MR) is 75.4 cm³/mol. The minimum absolute atomic E-state index is 0.265. The van der Waals surface area contributed by atoms with Crippen LogP contribution in [0.1, 0.15) is 21.7 Å². The van der Waals surface area contributed by atoms with Gasteiger partial charge in [0, 0.05) is 22.7 Å². The summed E-state index contributed by atoms with van der Waals surface area (Å²) in [6.45, 7) is 0. The highest BCUT2D eigenvalue weighted by molar-refractivity contribution is 6.15. The lowest BCUT2D eigenvalue weighted by atomic mass is 10.1. The highest BCUT2D eigenvalue weighted by Crippen LogP contribution is 2.32. The molecule has 0 saturated carbocycles. The van der Waals surface area contributed by atoms with Crippen molar-refractivity contribution in [1.82, 2.24) is 9.97 Å². The fourth-order valence-corrected chi connectivity index (χ4v) is 2.22. The number of carbonyl (C=O) groups excluding carboxylic acids is 1. The van der Waals surface area contributed by atoms with Gasteiger partial charge >= 0.3 is 6.18 Å². The summed E-state index contributed by atoms with van der Waals surface area (Å²) in [5, 5.41) is 0.625. The monoisotopic (exact) mass is 305 g/mol. The summed E-state index contributed by atoms with van der Waals surface area (Å²) in [5.41, 5.74) is 4.21. The average molecular weight is 305 g/mol. The van der Waals surface area contributed by atoms with Crippen molar-refractivity contribution in [3.8, 4) is 0 Å². The summed E-state index contributed by atoms with van der Waals surface area (Å²) < 4.78 is 38.5. The molecule has 0 fully saturated rings. The topological polar surface area (TPSA) is 71.8 Å². The molecule has 0 unspecified atom stereocenters. The van der Waals surface area contributed by atoms with Crippen molar-refractivity contribution >= 4 is 22.4 Å². The number of benzene rings is 1. The zero-order valence-electron chi connectivity index (χ0n) is 11.1. The van der Waals surface area contributed by atoms with E-state index in [1.807, 2.05) is 0 Å². The highest BCUT2D eigenvalue weighted by atomic mass is 19.4. The van der Waals surface area contributed by atoms with Crippen LogP contribution in [-0.2, 0) is 6.18 Å². The Labute approximate surface area is 122 Å². The molecule has 0 atom stereocenters. The zero-order valence-corrected chi connectivity index (χ0v) is 11.1. The van der Waals surface area contributed by atoms with Gasteiger partial charge in [-0.2, -0.15) is 13.2 Å². The first kappa shape index (κ1) is 14.1. The Morgan fingerprint density at radius 3 is 2.59 bits per heavy atom. The molecule has 0 aliphatic rings. The van der Waals surface area contributed by atoms with Crippen LogP contribution in [0.2, 0.25) is 0 Å². The van der Waals surface area contributed by atoms with Crippen LogP contribution in [0.4, 0.5) is 18.9 Å². The number of anilines is 1. The lowest BCUT2D eigenvalue weighted by Crippen LogP contribution is -2.15. The molecule has 4 nitrogen and oxygen atoms in total. The van der Waals surface area contributed by atoms with E-state index in [0.29, 0.717) is 5.39 Å². The molecule has 0 saturated heterocycles. The standard InChI is InChI=1S/C15H10F3N3O/c16-15(17,18)14-10(19)5-6-12(21-14)13(22)9-7-20-11-4-2-1-3-8(9)11/h1-7,20H,19H2. The number of hydrogen-bond donors (Lipinski definition) is 2. The quantitative estimate of drug-likeness (QED) is 0.713. The molecule has 0 radical (unpaired) electrons. The van der Waals surface area contributed by atoms with E-state index in [4.69, 9.17) is 5.73 Å². The van der Waals surface area contributed by atoms with E-state index in [9.17, 15) is 18.0 Å². The van der Waals surface area contributed by atoms with E-state index in [1.54, 1.807) is 24.3 Å². The number of halogens is 3. The molecule has 7 heteroatoms. The summed E-state index contributed by atoms with van der Waals surface area (Å²) in [5.74, 6) is -0.594. The molecule has 3 aromatic rings. The number of nitrogens with zero attached hydrogens (tertiary/aromatic N) is 1. The second-order valence-corrected chi connectivity index (χ2v) is 4.71. The Hall–Kier alpha value is -2.83. The molecule has 0 spiro atoms. The number of rotatable bonds is 2. The van der Waals surface area contributed by atoms with Gasteiger partial charge in [0.05, 0.1) is 5.69 Å². The average Bonchev–Trinajstić information content (AvgIpc) is 2.89. The maximum atomic E-state index is 12.8. The molecule has 112 valence electrons. The van der Waals surface area contributed by atoms with Gasteiger partial charge in [0.1, 0.15) is 5.69 Å². The van der Waals surface area contributed by atoms with Crippen LogP contribution >= 0.6 is 0 Å². The number of aromatic nitrogens is 2. The number of nitrogen functional groups attached to an aromatic ring is 1. The normalized spacial score (nSPS) is 11.8. The van der Waals surface area contributed by atoms with Gasteiger partial charge in [-0.3, -0.25) is 4.79 Å². The summed E-state index contributed by atoms with van der Waals surface area (Å²) in [7, 11) is 0. The van der Waals surface area contributed by atoms with Crippen molar-refractivity contribution in [1.29, 1.82) is 0 Å². The molecule has 3 N–H and O–H groups in total. The first-order valence-electron chi connectivity index (χ1n) is 6.32. The van der Waals surface area contributed by atoms with Crippen LogP contribution in [-0.4, -0.2) is 15.8 Å². The van der Waals surface area contributed by atoms with E-state index in [-0.39, 0.29) is 11.3 Å². The summed E-state index contributed by atoms with van der Waals surface area (Å²) in [6.07, 6.45) is -3.25. The van der Waals surface area contributed by atoms with Crippen molar-refractivity contribution < 1.29 is 18.0 Å². The van der Waals surface area contributed by atoms with Crippen LogP contribution in [0.25, 0.3) is 10.9 Å². The maximum Gasteiger partial charge on any atom is 0.435 e. The fraction of sp³-hybridized carbons (Fsp3) is 0.0667. The molecule has 2 heterocycles. The molecule has 0 aliphatic heterocycles. The Morgan fingerprint density at radius 2 is 1.86 bits per heavy atom. The summed E-state index contributed by atoms with van der Waals surface area (Å²) in [4.78, 5) is 18.7. The minimum Gasteiger partial charge on any atom is -0.397 e. The van der Waals surface area contributed by atoms with Gasteiger partial charge in [0.25, 0.3) is 0 Å². The third kappa shape index (κ3) is 2.30. The number of nitrogens with one attached hydrogen (secondary N) is 1. The van der Waals surface area contributed by atoms with E-state index in [2.05, 4.69) is 9.97 Å². The SMILES string of the molecule is Nc1ccc(C(=O)c2c[nH]c3ccccc23)nc1C(F)(F)F. The predicted octanol–water partition coefficient (Wildman–Crippen LogP) is 3.39. The van der Waals surface area contributed by atoms with Gasteiger partial charge in [-0.15, -0.1) is 0 Å². The number of ketones is 1. The number of H-pyrrole nitrogens is 1. The largest absolute Gasteiger partial charge is 0.435 e. The Kier molecular flexibility index (Phi) is 3.13. The number of hydrogen-bond acceptors (Lipinski definition) is 3. The number of aromatic amines is 1. The zero-order chi connectivity index (χ0) is 15.9. The third-order valence-corrected chi connectivity index (χ3v) is 3.26. The summed E-state index contributed by atoms with van der Waals surface area (Å²) >= 11 is 0. The van der Waals surface area contributed by atoms with Gasteiger partial charge in [-0.05, 0) is 18.2 Å². The molecule has 1 aromatic carbocycles. The lowest BCUT2D eigenvalue weighted by molar-refractivity contribution is -0.140. The van der Waals surface area contributed by atoms with Crippen LogP contribution in [0.15, 0.2) is 42.6 Å². The molecule has 22 heavy (non-hydrogen) atoms. The third-order valence-electron chi connectivity index (χ3n) is 3.26. The second-order valence-electron chi connectivity index (χ2n) is 4.71. The van der Waals surface area contributed by atoms with Crippen molar-refractivity contribution in [2.45, 2.75) is 6.18 Å². The fourth-order valence-electron chi connectivity index (χ4n) is 2.22. The number of nitrogens with two attached hydrogens (primary N) is 1. The van der Waals surface area contributed by atoms with E-state index >= 15 is 0 Å². The number of fused-ring (bicyclic) bond motifs is 1. The smallest absolute Gasteiger partial charge is 0.397 e. The van der Waals surface area contributed by atoms with Crippen molar-refractivity contribution in [3.63, 3.8) is 0 Å². The van der Waals surface area contributed by atoms with Crippen molar-refractivity contribution in [3.05, 3.63) is 59.5 Å². The van der Waals surface area contributed by atoms with Gasteiger partial charge in [-0.25, -0.2) is 4.98 Å². The number of pyridine rings is 1. The Balaban J connectivity index is 2.10.